The molecule has 0 radical (unpaired) electrons. The molecule has 0 bridgehead atoms. The van der Waals surface area contributed by atoms with Gasteiger partial charge in [-0.05, 0) is 187 Å². The molecule has 0 unspecified atom stereocenters. The lowest BCUT2D eigenvalue weighted by Crippen LogP contribution is -2.61. The Morgan fingerprint density at radius 3 is 1.14 bits per heavy atom. The van der Waals surface area contributed by atoms with E-state index in [1.54, 1.807) is 0 Å². The van der Waals surface area contributed by atoms with E-state index in [1.807, 2.05) is 0 Å². The van der Waals surface area contributed by atoms with E-state index in [0.29, 0.717) is 0 Å². The Morgan fingerprint density at radius 1 is 0.193 bits per heavy atom. The topological polar surface area (TPSA) is 11.4 Å². The maximum atomic E-state index is 2.63. The van der Waals surface area contributed by atoms with Gasteiger partial charge in [0.05, 0.1) is 11.0 Å². The van der Waals surface area contributed by atoms with Gasteiger partial charge in [-0.15, -0.1) is 0 Å². The molecule has 16 aromatic carbocycles. The molecule has 406 valence electrons. The normalized spacial score (nSPS) is 12.7. The summed E-state index contributed by atoms with van der Waals surface area (Å²) in [6.07, 6.45) is 0. The minimum Gasteiger partial charge on any atom is -0.311 e. The van der Waals surface area contributed by atoms with Gasteiger partial charge >= 0.3 is 0 Å². The fourth-order valence-electron chi connectivity index (χ4n) is 15.4. The van der Waals surface area contributed by atoms with Crippen LogP contribution in [0.5, 0.6) is 0 Å². The molecule has 0 atom stereocenters. The zero-order valence-electron chi connectivity index (χ0n) is 47.9. The van der Waals surface area contributed by atoms with Crippen LogP contribution in [-0.2, 0) is 0 Å². The lowest BCUT2D eigenvalue weighted by atomic mass is 9.33. The van der Waals surface area contributed by atoms with Crippen LogP contribution in [0.3, 0.4) is 0 Å². The third kappa shape index (κ3) is 7.21. The van der Waals surface area contributed by atoms with E-state index in [2.05, 4.69) is 330 Å². The quantitative estimate of drug-likeness (QED) is 0.121. The van der Waals surface area contributed by atoms with E-state index in [9.17, 15) is 0 Å². The third-order valence-corrected chi connectivity index (χ3v) is 19.3. The maximum absolute atomic E-state index is 2.63. The minimum absolute atomic E-state index is 0.145. The molecule has 0 fully saturated rings. The highest BCUT2D eigenvalue weighted by molar-refractivity contribution is 7.00. The predicted molar refractivity (Wildman–Crippen MR) is 376 cm³/mol. The summed E-state index contributed by atoms with van der Waals surface area (Å²) in [5, 5.41) is 17.5. The van der Waals surface area contributed by atoms with E-state index in [0.717, 1.165) is 45.3 Å². The first kappa shape index (κ1) is 48.9. The van der Waals surface area contributed by atoms with E-state index >= 15 is 0 Å². The largest absolute Gasteiger partial charge is 0.311 e. The van der Waals surface area contributed by atoms with Crippen molar-refractivity contribution in [1.29, 1.82) is 0 Å². The smallest absolute Gasteiger partial charge is 0.252 e. The van der Waals surface area contributed by atoms with Crippen molar-refractivity contribution in [2.45, 2.75) is 0 Å². The summed E-state index contributed by atoms with van der Waals surface area (Å²) >= 11 is 0. The zero-order chi connectivity index (χ0) is 57.6. The lowest BCUT2D eigenvalue weighted by Gasteiger charge is -2.44. The number of benzene rings is 16. The highest BCUT2D eigenvalue weighted by Crippen LogP contribution is 2.50. The van der Waals surface area contributed by atoms with Gasteiger partial charge in [0.2, 0.25) is 0 Å². The molecule has 88 heavy (non-hydrogen) atoms. The van der Waals surface area contributed by atoms with Gasteiger partial charge in [-0.3, -0.25) is 0 Å². The van der Waals surface area contributed by atoms with Crippen LogP contribution in [0.4, 0.5) is 34.1 Å². The summed E-state index contributed by atoms with van der Waals surface area (Å²) in [6.45, 7) is -0.145. The molecular weight excluding hydrogens is 1060 g/mol. The van der Waals surface area contributed by atoms with E-state index in [1.165, 1.54) is 131 Å². The SMILES string of the molecule is c1ccc(-c2ccc(N3c4ccc(-c5ccccc5)cc4B4c5ccc(-n6c7ccccc7c7ccccc76)cc5N(c5ccc6c7ccccc7c7ccccc7c6c5)c5cc(-c6ccc7c8ccccc8c8ccccc8c7c6)cc3c54)cc2)cc1. The van der Waals surface area contributed by atoms with Gasteiger partial charge in [-0.2, -0.15) is 0 Å². The molecule has 0 saturated heterocycles. The number of anilines is 6. The van der Waals surface area contributed by atoms with Crippen LogP contribution in [0.2, 0.25) is 0 Å². The molecule has 0 aliphatic carbocycles. The van der Waals surface area contributed by atoms with Gasteiger partial charge in [-0.25, -0.2) is 0 Å². The third-order valence-electron chi connectivity index (χ3n) is 19.3. The number of nitrogens with zero attached hydrogens (tertiary/aromatic N) is 3. The number of rotatable bonds is 6. The summed E-state index contributed by atoms with van der Waals surface area (Å²) in [6, 6.07) is 118. The van der Waals surface area contributed by atoms with Crippen molar-refractivity contribution < 1.29 is 0 Å². The number of aromatic nitrogens is 1. The van der Waals surface area contributed by atoms with Crippen LogP contribution in [-0.4, -0.2) is 11.3 Å². The first-order valence-electron chi connectivity index (χ1n) is 30.6. The summed E-state index contributed by atoms with van der Waals surface area (Å²) < 4.78 is 2.48. The summed E-state index contributed by atoms with van der Waals surface area (Å²) in [5.74, 6) is 0. The Kier molecular flexibility index (Phi) is 10.6. The van der Waals surface area contributed by atoms with Gasteiger partial charge in [0.1, 0.15) is 0 Å². The van der Waals surface area contributed by atoms with Crippen molar-refractivity contribution in [2.24, 2.45) is 0 Å². The Bertz CT molecular complexity index is 5650. The van der Waals surface area contributed by atoms with Crippen molar-refractivity contribution in [3.8, 4) is 39.1 Å². The molecule has 19 rings (SSSR count). The number of fused-ring (bicyclic) bond motifs is 19. The van der Waals surface area contributed by atoms with Crippen molar-refractivity contribution in [2.75, 3.05) is 9.80 Å². The molecule has 3 heterocycles. The van der Waals surface area contributed by atoms with Crippen molar-refractivity contribution in [1.82, 2.24) is 4.57 Å². The van der Waals surface area contributed by atoms with Gasteiger partial charge < -0.3 is 14.4 Å². The Morgan fingerprint density at radius 2 is 0.580 bits per heavy atom. The summed E-state index contributed by atoms with van der Waals surface area (Å²) in [7, 11) is 0. The molecule has 3 nitrogen and oxygen atoms in total. The average Bonchev–Trinajstić information content (AvgIpc) is 0.771. The molecule has 4 heteroatoms. The van der Waals surface area contributed by atoms with E-state index < -0.39 is 0 Å². The molecule has 0 N–H and O–H groups in total. The molecule has 0 spiro atoms. The van der Waals surface area contributed by atoms with Gasteiger partial charge in [0.25, 0.3) is 6.71 Å². The first-order valence-corrected chi connectivity index (χ1v) is 30.6. The predicted octanol–water partition coefficient (Wildman–Crippen LogP) is 20.8. The van der Waals surface area contributed by atoms with Crippen LogP contribution in [0.15, 0.2) is 315 Å². The second kappa shape index (κ2) is 19.0. The van der Waals surface area contributed by atoms with Crippen LogP contribution in [0.1, 0.15) is 0 Å². The van der Waals surface area contributed by atoms with Crippen molar-refractivity contribution in [3.05, 3.63) is 315 Å². The van der Waals surface area contributed by atoms with E-state index in [4.69, 9.17) is 0 Å². The fraction of sp³-hybridized carbons (Fsp3) is 0. The summed E-state index contributed by atoms with van der Waals surface area (Å²) in [4.78, 5) is 5.19. The first-order chi connectivity index (χ1) is 43.7. The zero-order valence-corrected chi connectivity index (χ0v) is 47.9. The number of hydrogen-bond acceptors (Lipinski definition) is 2. The molecular formula is C84H52BN3. The maximum Gasteiger partial charge on any atom is 0.252 e. The summed E-state index contributed by atoms with van der Waals surface area (Å²) in [5.41, 5.74) is 21.2. The van der Waals surface area contributed by atoms with Crippen LogP contribution in [0, 0.1) is 0 Å². The Balaban J connectivity index is 0.945. The number of para-hydroxylation sites is 2. The second-order valence-corrected chi connectivity index (χ2v) is 23.9. The Labute approximate surface area is 509 Å². The molecule has 1 aromatic heterocycles. The highest BCUT2D eigenvalue weighted by Gasteiger charge is 2.44. The molecule has 0 amide bonds. The molecule has 17 aromatic rings. The van der Waals surface area contributed by atoms with Crippen LogP contribution >= 0.6 is 0 Å². The fourth-order valence-corrected chi connectivity index (χ4v) is 15.4. The van der Waals surface area contributed by atoms with Gasteiger partial charge in [-0.1, -0.05) is 243 Å². The van der Waals surface area contributed by atoms with Crippen molar-refractivity contribution >= 4 is 144 Å². The van der Waals surface area contributed by atoms with E-state index in [-0.39, 0.29) is 6.71 Å². The van der Waals surface area contributed by atoms with Gasteiger partial charge in [0, 0.05) is 50.6 Å². The standard InChI is InChI=1S/C84H52BN3/c1-3-19-53(20-4-1)55-35-39-59(40-36-55)86-80-46-38-57(54-21-5-2-6-22-54)48-77(80)85-76-45-42-61(87-78-33-17-15-31-72(78)73-32-16-18-34-79(73)87)52-81(76)88(60-41-44-71-67-28-10-8-24-63(67)65-26-12-14-30-69(65)75(71)51-60)83-50-58(49-82(86)84(83)85)56-37-43-70-66-27-9-7-23-62(66)64-25-11-13-29-68(64)74(70)47-56/h1-52H. The average molecular weight is 1110 g/mol. The van der Waals surface area contributed by atoms with Gasteiger partial charge in [0.15, 0.2) is 0 Å². The van der Waals surface area contributed by atoms with Crippen molar-refractivity contribution in [3.63, 3.8) is 0 Å². The highest BCUT2D eigenvalue weighted by atomic mass is 15.2. The number of hydrogen-bond donors (Lipinski definition) is 0. The monoisotopic (exact) mass is 1110 g/mol. The van der Waals surface area contributed by atoms with Crippen LogP contribution in [0.25, 0.3) is 126 Å². The molecule has 2 aliphatic heterocycles. The van der Waals surface area contributed by atoms with Crippen LogP contribution < -0.4 is 26.2 Å². The molecule has 0 saturated carbocycles. The Hall–Kier alpha value is -11.5. The molecule has 2 aliphatic rings. The minimum atomic E-state index is -0.145. The lowest BCUT2D eigenvalue weighted by molar-refractivity contribution is 1.17. The second-order valence-electron chi connectivity index (χ2n) is 23.9.